The third-order valence-corrected chi connectivity index (χ3v) is 4.35. The van der Waals surface area contributed by atoms with Crippen molar-refractivity contribution < 1.29 is 4.79 Å². The summed E-state index contributed by atoms with van der Waals surface area (Å²) >= 11 is 7.30. The number of nitrogens with one attached hydrogen (secondary N) is 1. The number of benzene rings is 1. The van der Waals surface area contributed by atoms with Gasteiger partial charge in [0.1, 0.15) is 10.8 Å². The number of nitrogens with zero attached hydrogens (tertiary/aromatic N) is 2. The Morgan fingerprint density at radius 2 is 2.00 bits per heavy atom. The standard InChI is InChI=1S/C17H14ClN3OS/c1-11-2-4-12(5-3-11)17-20-14(10-23-17)8-16(22)21-15-7-6-13(18)9-19-15/h2-7,9-10H,8H2,1H3,(H,19,21,22). The van der Waals surface area contributed by atoms with E-state index in [9.17, 15) is 4.79 Å². The van der Waals surface area contributed by atoms with Crippen molar-refractivity contribution in [2.45, 2.75) is 13.3 Å². The molecule has 116 valence electrons. The predicted octanol–water partition coefficient (Wildman–Crippen LogP) is 4.35. The molecule has 0 unspecified atom stereocenters. The van der Waals surface area contributed by atoms with E-state index in [-0.39, 0.29) is 12.3 Å². The maximum atomic E-state index is 12.0. The second kappa shape index (κ2) is 6.89. The average molecular weight is 344 g/mol. The van der Waals surface area contributed by atoms with Gasteiger partial charge in [-0.15, -0.1) is 11.3 Å². The van der Waals surface area contributed by atoms with Crippen molar-refractivity contribution >= 4 is 34.7 Å². The van der Waals surface area contributed by atoms with Crippen LogP contribution in [-0.2, 0) is 11.2 Å². The van der Waals surface area contributed by atoms with E-state index in [1.807, 2.05) is 24.4 Å². The van der Waals surface area contributed by atoms with E-state index in [2.05, 4.69) is 27.4 Å². The molecule has 0 bridgehead atoms. The van der Waals surface area contributed by atoms with Crippen molar-refractivity contribution in [2.75, 3.05) is 5.32 Å². The van der Waals surface area contributed by atoms with Crippen molar-refractivity contribution in [1.82, 2.24) is 9.97 Å². The van der Waals surface area contributed by atoms with Gasteiger partial charge in [0.25, 0.3) is 0 Å². The van der Waals surface area contributed by atoms with Crippen LogP contribution in [-0.4, -0.2) is 15.9 Å². The Morgan fingerprint density at radius 3 is 2.70 bits per heavy atom. The zero-order chi connectivity index (χ0) is 16.2. The van der Waals surface area contributed by atoms with Gasteiger partial charge in [-0.3, -0.25) is 4.79 Å². The lowest BCUT2D eigenvalue weighted by Gasteiger charge is -2.02. The van der Waals surface area contributed by atoms with Crippen LogP contribution in [0.4, 0.5) is 5.82 Å². The number of anilines is 1. The molecule has 0 fully saturated rings. The number of hydrogen-bond donors (Lipinski definition) is 1. The summed E-state index contributed by atoms with van der Waals surface area (Å²) in [5.41, 5.74) is 3.02. The summed E-state index contributed by atoms with van der Waals surface area (Å²) in [6, 6.07) is 11.5. The summed E-state index contributed by atoms with van der Waals surface area (Å²) < 4.78 is 0. The molecule has 3 aromatic rings. The first-order valence-corrected chi connectivity index (χ1v) is 8.29. The van der Waals surface area contributed by atoms with E-state index in [1.54, 1.807) is 12.1 Å². The molecule has 0 aliphatic rings. The number of carbonyl (C=O) groups is 1. The van der Waals surface area contributed by atoms with Gasteiger partial charge in [0.15, 0.2) is 0 Å². The first-order valence-electron chi connectivity index (χ1n) is 7.03. The van der Waals surface area contributed by atoms with Crippen molar-refractivity contribution in [3.63, 3.8) is 0 Å². The lowest BCUT2D eigenvalue weighted by atomic mass is 10.2. The van der Waals surface area contributed by atoms with Crippen LogP contribution in [0, 0.1) is 6.92 Å². The van der Waals surface area contributed by atoms with Gasteiger partial charge >= 0.3 is 0 Å². The van der Waals surface area contributed by atoms with Crippen LogP contribution in [0.2, 0.25) is 5.02 Å². The fourth-order valence-corrected chi connectivity index (χ4v) is 2.96. The summed E-state index contributed by atoms with van der Waals surface area (Å²) in [5.74, 6) is 0.328. The first kappa shape index (κ1) is 15.6. The minimum Gasteiger partial charge on any atom is -0.310 e. The van der Waals surface area contributed by atoms with E-state index < -0.39 is 0 Å². The second-order valence-electron chi connectivity index (χ2n) is 5.10. The molecule has 4 nitrogen and oxygen atoms in total. The number of rotatable bonds is 4. The third-order valence-electron chi connectivity index (χ3n) is 3.19. The number of aromatic nitrogens is 2. The van der Waals surface area contributed by atoms with Crippen LogP contribution in [0.3, 0.4) is 0 Å². The largest absolute Gasteiger partial charge is 0.310 e. The quantitative estimate of drug-likeness (QED) is 0.766. The SMILES string of the molecule is Cc1ccc(-c2nc(CC(=O)Nc3ccc(Cl)cn3)cs2)cc1. The van der Waals surface area contributed by atoms with Gasteiger partial charge < -0.3 is 5.32 Å². The molecule has 0 saturated heterocycles. The Morgan fingerprint density at radius 1 is 1.22 bits per heavy atom. The molecule has 2 heterocycles. The number of halogens is 1. The van der Waals surface area contributed by atoms with E-state index in [0.29, 0.717) is 10.8 Å². The Balaban J connectivity index is 1.65. The number of hydrogen-bond acceptors (Lipinski definition) is 4. The Labute approximate surface area is 143 Å². The van der Waals surface area contributed by atoms with Crippen LogP contribution in [0.25, 0.3) is 10.6 Å². The highest BCUT2D eigenvalue weighted by Gasteiger charge is 2.10. The maximum Gasteiger partial charge on any atom is 0.231 e. The van der Waals surface area contributed by atoms with Crippen LogP contribution in [0.5, 0.6) is 0 Å². The Bertz CT molecular complexity index is 813. The zero-order valence-electron chi connectivity index (χ0n) is 12.4. The zero-order valence-corrected chi connectivity index (χ0v) is 14.0. The smallest absolute Gasteiger partial charge is 0.231 e. The summed E-state index contributed by atoms with van der Waals surface area (Å²) in [6.07, 6.45) is 1.71. The van der Waals surface area contributed by atoms with E-state index in [0.717, 1.165) is 16.3 Å². The van der Waals surface area contributed by atoms with Crippen LogP contribution < -0.4 is 5.32 Å². The molecule has 0 spiro atoms. The molecule has 3 rings (SSSR count). The van der Waals surface area contributed by atoms with Crippen molar-refractivity contribution in [2.24, 2.45) is 0 Å². The van der Waals surface area contributed by atoms with Crippen LogP contribution >= 0.6 is 22.9 Å². The van der Waals surface area contributed by atoms with Crippen LogP contribution in [0.1, 0.15) is 11.3 Å². The fourth-order valence-electron chi connectivity index (χ4n) is 2.02. The first-order chi connectivity index (χ1) is 11.1. The summed E-state index contributed by atoms with van der Waals surface area (Å²) in [5, 5.41) is 6.08. The molecular weight excluding hydrogens is 330 g/mol. The minimum atomic E-state index is -0.152. The molecule has 1 N–H and O–H groups in total. The molecule has 2 aromatic heterocycles. The molecule has 6 heteroatoms. The summed E-state index contributed by atoms with van der Waals surface area (Å²) in [4.78, 5) is 20.6. The third kappa shape index (κ3) is 4.15. The van der Waals surface area contributed by atoms with Crippen LogP contribution in [0.15, 0.2) is 48.0 Å². The minimum absolute atomic E-state index is 0.152. The molecule has 0 atom stereocenters. The van der Waals surface area contributed by atoms with Crippen molar-refractivity contribution in [1.29, 1.82) is 0 Å². The number of thiazole rings is 1. The molecule has 1 aromatic carbocycles. The van der Waals surface area contributed by atoms with Crippen molar-refractivity contribution in [3.05, 3.63) is 64.3 Å². The lowest BCUT2D eigenvalue weighted by Crippen LogP contribution is -2.15. The van der Waals surface area contributed by atoms with E-state index in [1.165, 1.54) is 23.1 Å². The molecule has 0 saturated carbocycles. The number of pyridine rings is 1. The molecule has 0 aliphatic heterocycles. The van der Waals surface area contributed by atoms with Crippen molar-refractivity contribution in [3.8, 4) is 10.6 Å². The Hall–Kier alpha value is -2.24. The van der Waals surface area contributed by atoms with Gasteiger partial charge in [-0.1, -0.05) is 41.4 Å². The average Bonchev–Trinajstić information content (AvgIpc) is 2.98. The lowest BCUT2D eigenvalue weighted by molar-refractivity contribution is -0.115. The molecule has 0 aliphatic carbocycles. The number of amides is 1. The highest BCUT2D eigenvalue weighted by atomic mass is 35.5. The van der Waals surface area contributed by atoms with Gasteiger partial charge in [0, 0.05) is 17.1 Å². The van der Waals surface area contributed by atoms with Gasteiger partial charge in [0.05, 0.1) is 17.1 Å². The Kier molecular flexibility index (Phi) is 4.69. The van der Waals surface area contributed by atoms with Gasteiger partial charge in [-0.25, -0.2) is 9.97 Å². The molecule has 23 heavy (non-hydrogen) atoms. The summed E-state index contributed by atoms with van der Waals surface area (Å²) in [6.45, 7) is 2.05. The van der Waals surface area contributed by atoms with E-state index in [4.69, 9.17) is 11.6 Å². The predicted molar refractivity (Wildman–Crippen MR) is 93.9 cm³/mol. The molecule has 1 amide bonds. The number of carbonyl (C=O) groups excluding carboxylic acids is 1. The van der Waals surface area contributed by atoms with Gasteiger partial charge in [-0.2, -0.15) is 0 Å². The number of aryl methyl sites for hydroxylation is 1. The van der Waals surface area contributed by atoms with Gasteiger partial charge in [0.2, 0.25) is 5.91 Å². The highest BCUT2D eigenvalue weighted by molar-refractivity contribution is 7.13. The van der Waals surface area contributed by atoms with Gasteiger partial charge in [-0.05, 0) is 19.1 Å². The molecule has 0 radical (unpaired) electrons. The maximum absolute atomic E-state index is 12.0. The summed E-state index contributed by atoms with van der Waals surface area (Å²) in [7, 11) is 0. The fraction of sp³-hybridized carbons (Fsp3) is 0.118. The monoisotopic (exact) mass is 343 g/mol. The van der Waals surface area contributed by atoms with E-state index >= 15 is 0 Å². The molecular formula is C17H14ClN3OS. The normalized spacial score (nSPS) is 10.5. The topological polar surface area (TPSA) is 54.9 Å². The highest BCUT2D eigenvalue weighted by Crippen LogP contribution is 2.24. The second-order valence-corrected chi connectivity index (χ2v) is 6.39.